The Morgan fingerprint density at radius 3 is 2.29 bits per heavy atom. The maximum absolute atomic E-state index is 13.8. The summed E-state index contributed by atoms with van der Waals surface area (Å²) in [5.41, 5.74) is 0.0841. The third kappa shape index (κ3) is 2.36. The van der Waals surface area contributed by atoms with Crippen LogP contribution in [0.3, 0.4) is 0 Å². The molecular weight excluding hydrogens is 338 g/mol. The zero-order chi connectivity index (χ0) is 15.0. The first-order valence-corrected chi connectivity index (χ1v) is 7.05. The SMILES string of the molecule is O=C(c1cccc(F)c1F)c1ccc(Br)c2ccccc12. The minimum Gasteiger partial charge on any atom is -0.288 e. The monoisotopic (exact) mass is 346 g/mol. The number of carbonyl (C=O) groups excluding carboxylic acids is 1. The fourth-order valence-corrected chi connectivity index (χ4v) is 2.76. The number of ketones is 1. The third-order valence-electron chi connectivity index (χ3n) is 3.31. The first-order chi connectivity index (χ1) is 10.1. The van der Waals surface area contributed by atoms with Gasteiger partial charge in [0.05, 0.1) is 5.56 Å². The normalized spacial score (nSPS) is 10.8. The molecule has 0 N–H and O–H groups in total. The lowest BCUT2D eigenvalue weighted by Crippen LogP contribution is -2.06. The van der Waals surface area contributed by atoms with Crippen LogP contribution in [-0.2, 0) is 0 Å². The molecule has 3 rings (SSSR count). The second-order valence-electron chi connectivity index (χ2n) is 4.57. The first kappa shape index (κ1) is 13.9. The van der Waals surface area contributed by atoms with Gasteiger partial charge < -0.3 is 0 Å². The van der Waals surface area contributed by atoms with Crippen molar-refractivity contribution in [2.45, 2.75) is 0 Å². The molecule has 0 amide bonds. The number of rotatable bonds is 2. The summed E-state index contributed by atoms with van der Waals surface area (Å²) in [6, 6.07) is 14.2. The van der Waals surface area contributed by atoms with Gasteiger partial charge in [-0.15, -0.1) is 0 Å². The van der Waals surface area contributed by atoms with E-state index in [0.29, 0.717) is 10.9 Å². The Labute approximate surface area is 128 Å². The molecule has 0 atom stereocenters. The number of halogens is 3. The van der Waals surface area contributed by atoms with Crippen molar-refractivity contribution in [1.82, 2.24) is 0 Å². The van der Waals surface area contributed by atoms with Crippen LogP contribution >= 0.6 is 15.9 Å². The van der Waals surface area contributed by atoms with E-state index in [2.05, 4.69) is 15.9 Å². The molecule has 0 bridgehead atoms. The maximum atomic E-state index is 13.8. The molecule has 0 aromatic heterocycles. The van der Waals surface area contributed by atoms with Crippen LogP contribution in [-0.4, -0.2) is 5.78 Å². The Morgan fingerprint density at radius 2 is 1.52 bits per heavy atom. The van der Waals surface area contributed by atoms with Crippen molar-refractivity contribution in [2.75, 3.05) is 0 Å². The van der Waals surface area contributed by atoms with Crippen molar-refractivity contribution in [3.8, 4) is 0 Å². The van der Waals surface area contributed by atoms with Gasteiger partial charge in [-0.05, 0) is 35.0 Å². The van der Waals surface area contributed by atoms with Crippen molar-refractivity contribution in [3.05, 3.63) is 81.8 Å². The fourth-order valence-electron chi connectivity index (χ4n) is 2.28. The van der Waals surface area contributed by atoms with Gasteiger partial charge in [0.25, 0.3) is 0 Å². The summed E-state index contributed by atoms with van der Waals surface area (Å²) in [4.78, 5) is 12.5. The van der Waals surface area contributed by atoms with Gasteiger partial charge in [0.2, 0.25) is 0 Å². The van der Waals surface area contributed by atoms with Crippen LogP contribution < -0.4 is 0 Å². The van der Waals surface area contributed by atoms with Crippen molar-refractivity contribution in [2.24, 2.45) is 0 Å². The number of hydrogen-bond acceptors (Lipinski definition) is 1. The minimum atomic E-state index is -1.12. The predicted octanol–water partition coefficient (Wildman–Crippen LogP) is 5.11. The predicted molar refractivity (Wildman–Crippen MR) is 81.4 cm³/mol. The molecule has 0 aliphatic carbocycles. The quantitative estimate of drug-likeness (QED) is 0.589. The van der Waals surface area contributed by atoms with E-state index in [9.17, 15) is 13.6 Å². The van der Waals surface area contributed by atoms with E-state index >= 15 is 0 Å². The second-order valence-corrected chi connectivity index (χ2v) is 5.43. The standard InChI is InChI=1S/C17H9BrF2O/c18-14-9-8-12(10-4-1-2-5-11(10)14)17(21)13-6-3-7-15(19)16(13)20/h1-9H. The lowest BCUT2D eigenvalue weighted by Gasteiger charge is -2.08. The van der Waals surface area contributed by atoms with E-state index in [1.54, 1.807) is 24.3 Å². The highest BCUT2D eigenvalue weighted by atomic mass is 79.9. The lowest BCUT2D eigenvalue weighted by atomic mass is 9.97. The lowest BCUT2D eigenvalue weighted by molar-refractivity contribution is 0.103. The van der Waals surface area contributed by atoms with Gasteiger partial charge in [-0.25, -0.2) is 8.78 Å². The minimum absolute atomic E-state index is 0.262. The fraction of sp³-hybridized carbons (Fsp3) is 0. The molecule has 3 aromatic rings. The third-order valence-corrected chi connectivity index (χ3v) is 4.00. The zero-order valence-electron chi connectivity index (χ0n) is 10.7. The Bertz CT molecular complexity index is 859. The molecule has 1 nitrogen and oxygen atoms in total. The van der Waals surface area contributed by atoms with Gasteiger partial charge in [0, 0.05) is 10.0 Å². The van der Waals surface area contributed by atoms with Gasteiger partial charge in [0.15, 0.2) is 17.4 Å². The molecule has 21 heavy (non-hydrogen) atoms. The molecule has 0 heterocycles. The molecule has 0 saturated heterocycles. The Balaban J connectivity index is 2.23. The van der Waals surface area contributed by atoms with Crippen molar-refractivity contribution in [3.63, 3.8) is 0 Å². The Hall–Kier alpha value is -2.07. The molecule has 0 radical (unpaired) electrons. The highest BCUT2D eigenvalue weighted by Gasteiger charge is 2.19. The summed E-state index contributed by atoms with van der Waals surface area (Å²) in [5, 5.41) is 1.54. The highest BCUT2D eigenvalue weighted by molar-refractivity contribution is 9.10. The Kier molecular flexibility index (Phi) is 3.55. The van der Waals surface area contributed by atoms with Crippen molar-refractivity contribution >= 4 is 32.5 Å². The molecule has 4 heteroatoms. The molecule has 0 fully saturated rings. The van der Waals surface area contributed by atoms with Gasteiger partial charge in [0.1, 0.15) is 0 Å². The molecule has 3 aromatic carbocycles. The van der Waals surface area contributed by atoms with E-state index < -0.39 is 17.4 Å². The number of fused-ring (bicyclic) bond motifs is 1. The molecular formula is C17H9BrF2O. The van der Waals surface area contributed by atoms with E-state index in [-0.39, 0.29) is 5.56 Å². The largest absolute Gasteiger partial charge is 0.288 e. The average Bonchev–Trinajstić information content (AvgIpc) is 2.50. The zero-order valence-corrected chi connectivity index (χ0v) is 12.3. The van der Waals surface area contributed by atoms with Crippen LogP contribution in [0.25, 0.3) is 10.8 Å². The van der Waals surface area contributed by atoms with Crippen molar-refractivity contribution in [1.29, 1.82) is 0 Å². The molecule has 0 aliphatic heterocycles. The first-order valence-electron chi connectivity index (χ1n) is 6.25. The number of carbonyl (C=O) groups is 1. The summed E-state index contributed by atoms with van der Waals surface area (Å²) in [6.07, 6.45) is 0. The van der Waals surface area contributed by atoms with Crippen LogP contribution in [0.5, 0.6) is 0 Å². The number of hydrogen-bond donors (Lipinski definition) is 0. The summed E-state index contributed by atoms with van der Waals surface area (Å²) < 4.78 is 28.0. The van der Waals surface area contributed by atoms with Crippen molar-refractivity contribution < 1.29 is 13.6 Å². The molecule has 0 aliphatic rings. The molecule has 0 spiro atoms. The van der Waals surface area contributed by atoms with E-state index in [4.69, 9.17) is 0 Å². The van der Waals surface area contributed by atoms with Gasteiger partial charge in [-0.2, -0.15) is 0 Å². The van der Waals surface area contributed by atoms with E-state index in [0.717, 1.165) is 15.9 Å². The van der Waals surface area contributed by atoms with Crippen LogP contribution in [0.1, 0.15) is 15.9 Å². The number of benzene rings is 3. The second kappa shape index (κ2) is 5.37. The smallest absolute Gasteiger partial charge is 0.196 e. The van der Waals surface area contributed by atoms with Crippen LogP contribution in [0, 0.1) is 11.6 Å². The van der Waals surface area contributed by atoms with E-state index in [1.807, 2.05) is 12.1 Å². The van der Waals surface area contributed by atoms with Gasteiger partial charge in [-0.1, -0.05) is 46.3 Å². The van der Waals surface area contributed by atoms with Crippen LogP contribution in [0.2, 0.25) is 0 Å². The van der Waals surface area contributed by atoms with Crippen LogP contribution in [0.4, 0.5) is 8.78 Å². The summed E-state index contributed by atoms with van der Waals surface area (Å²) >= 11 is 3.42. The molecule has 0 unspecified atom stereocenters. The summed E-state index contributed by atoms with van der Waals surface area (Å²) in [5.74, 6) is -2.67. The van der Waals surface area contributed by atoms with Gasteiger partial charge in [-0.3, -0.25) is 4.79 Å². The molecule has 104 valence electrons. The van der Waals surface area contributed by atoms with E-state index in [1.165, 1.54) is 12.1 Å². The summed E-state index contributed by atoms with van der Waals surface area (Å²) in [7, 11) is 0. The molecule has 0 saturated carbocycles. The van der Waals surface area contributed by atoms with Crippen LogP contribution in [0.15, 0.2) is 59.1 Å². The summed E-state index contributed by atoms with van der Waals surface area (Å²) in [6.45, 7) is 0. The average molecular weight is 347 g/mol. The topological polar surface area (TPSA) is 17.1 Å². The highest BCUT2D eigenvalue weighted by Crippen LogP contribution is 2.28. The van der Waals surface area contributed by atoms with Gasteiger partial charge >= 0.3 is 0 Å². The maximum Gasteiger partial charge on any atom is 0.196 e. The Morgan fingerprint density at radius 1 is 0.810 bits per heavy atom.